The van der Waals surface area contributed by atoms with E-state index in [2.05, 4.69) is 19.8 Å². The summed E-state index contributed by atoms with van der Waals surface area (Å²) >= 11 is 0. The van der Waals surface area contributed by atoms with Gasteiger partial charge in [-0.25, -0.2) is 13.1 Å². The summed E-state index contributed by atoms with van der Waals surface area (Å²) in [4.78, 5) is 2.29. The van der Waals surface area contributed by atoms with Gasteiger partial charge in [0.15, 0.2) is 0 Å². The standard InChI is InChI=1S/C10H18N4O2S/c1-14(2)10(4-3-5-10)8-13-17(15,16)9-6-11-12-7-9/h6-7,13H,3-5,8H2,1-2H3,(H,11,12). The van der Waals surface area contributed by atoms with Crippen LogP contribution in [0.3, 0.4) is 0 Å². The summed E-state index contributed by atoms with van der Waals surface area (Å²) in [5.74, 6) is 0. The number of likely N-dealkylation sites (N-methyl/N-ethyl adjacent to an activating group) is 1. The van der Waals surface area contributed by atoms with Crippen molar-refractivity contribution in [3.05, 3.63) is 12.4 Å². The molecule has 1 aliphatic carbocycles. The average molecular weight is 258 g/mol. The lowest BCUT2D eigenvalue weighted by atomic mass is 9.76. The molecule has 6 nitrogen and oxygen atoms in total. The Bertz CT molecular complexity index is 463. The van der Waals surface area contributed by atoms with E-state index in [1.54, 1.807) is 0 Å². The Morgan fingerprint density at radius 1 is 1.53 bits per heavy atom. The second-order valence-electron chi connectivity index (χ2n) is 4.73. The first-order valence-electron chi connectivity index (χ1n) is 5.62. The monoisotopic (exact) mass is 258 g/mol. The zero-order chi connectivity index (χ0) is 12.5. The highest BCUT2D eigenvalue weighted by molar-refractivity contribution is 7.89. The summed E-state index contributed by atoms with van der Waals surface area (Å²) in [6.07, 6.45) is 5.92. The quantitative estimate of drug-likeness (QED) is 0.789. The molecule has 1 saturated carbocycles. The van der Waals surface area contributed by atoms with Gasteiger partial charge in [-0.1, -0.05) is 0 Å². The molecule has 0 amide bonds. The predicted molar refractivity (Wildman–Crippen MR) is 64.0 cm³/mol. The highest BCUT2D eigenvalue weighted by Crippen LogP contribution is 2.35. The van der Waals surface area contributed by atoms with Crippen molar-refractivity contribution in [2.75, 3.05) is 20.6 Å². The van der Waals surface area contributed by atoms with Crippen molar-refractivity contribution in [1.29, 1.82) is 0 Å². The SMILES string of the molecule is CN(C)C1(CNS(=O)(=O)c2cn[nH]c2)CCC1. The minimum Gasteiger partial charge on any atom is -0.302 e. The van der Waals surface area contributed by atoms with Gasteiger partial charge in [-0.3, -0.25) is 5.10 Å². The van der Waals surface area contributed by atoms with Crippen LogP contribution in [0.15, 0.2) is 17.3 Å². The fourth-order valence-corrected chi connectivity index (χ4v) is 3.09. The molecule has 0 bridgehead atoms. The molecule has 2 N–H and O–H groups in total. The van der Waals surface area contributed by atoms with Crippen LogP contribution in [-0.2, 0) is 10.0 Å². The molecule has 1 aromatic heterocycles. The molecule has 0 spiro atoms. The average Bonchev–Trinajstić information content (AvgIpc) is 2.68. The zero-order valence-electron chi connectivity index (χ0n) is 10.1. The molecule has 96 valence electrons. The van der Waals surface area contributed by atoms with E-state index < -0.39 is 10.0 Å². The van der Waals surface area contributed by atoms with E-state index in [0.717, 1.165) is 19.3 Å². The lowest BCUT2D eigenvalue weighted by molar-refractivity contribution is 0.0657. The van der Waals surface area contributed by atoms with Gasteiger partial charge in [-0.05, 0) is 33.4 Å². The molecule has 1 aromatic rings. The maximum Gasteiger partial charge on any atom is 0.243 e. The Morgan fingerprint density at radius 3 is 2.65 bits per heavy atom. The smallest absolute Gasteiger partial charge is 0.243 e. The molecule has 0 radical (unpaired) electrons. The second-order valence-corrected chi connectivity index (χ2v) is 6.50. The number of nitrogens with one attached hydrogen (secondary N) is 2. The molecule has 0 aromatic carbocycles. The zero-order valence-corrected chi connectivity index (χ0v) is 10.9. The summed E-state index contributed by atoms with van der Waals surface area (Å²) < 4.78 is 26.5. The van der Waals surface area contributed by atoms with Crippen LogP contribution in [0.4, 0.5) is 0 Å². The predicted octanol–water partition coefficient (Wildman–Crippen LogP) is 0.172. The summed E-state index contributed by atoms with van der Waals surface area (Å²) in [5, 5.41) is 6.15. The second kappa shape index (κ2) is 4.40. The first-order valence-corrected chi connectivity index (χ1v) is 7.10. The van der Waals surface area contributed by atoms with Crippen LogP contribution >= 0.6 is 0 Å². The molecule has 1 aliphatic rings. The summed E-state index contributed by atoms with van der Waals surface area (Å²) in [6.45, 7) is 0.452. The van der Waals surface area contributed by atoms with Crippen molar-refractivity contribution in [2.45, 2.75) is 29.7 Å². The number of hydrogen-bond donors (Lipinski definition) is 2. The lowest BCUT2D eigenvalue weighted by Gasteiger charge is -2.47. The molecular weight excluding hydrogens is 240 g/mol. The minimum atomic E-state index is -3.43. The van der Waals surface area contributed by atoms with Crippen LogP contribution < -0.4 is 4.72 Å². The number of rotatable bonds is 5. The summed E-state index contributed by atoms with van der Waals surface area (Å²) in [6, 6.07) is 0. The van der Waals surface area contributed by atoms with Gasteiger partial charge in [0.2, 0.25) is 10.0 Å². The normalized spacial score (nSPS) is 19.2. The van der Waals surface area contributed by atoms with Gasteiger partial charge < -0.3 is 4.90 Å². The van der Waals surface area contributed by atoms with Crippen LogP contribution in [0.2, 0.25) is 0 Å². The Morgan fingerprint density at radius 2 is 2.24 bits per heavy atom. The number of aromatic amines is 1. The molecule has 17 heavy (non-hydrogen) atoms. The largest absolute Gasteiger partial charge is 0.302 e. The van der Waals surface area contributed by atoms with Crippen LogP contribution in [0.1, 0.15) is 19.3 Å². The minimum absolute atomic E-state index is 0.0171. The van der Waals surface area contributed by atoms with Crippen molar-refractivity contribution in [1.82, 2.24) is 19.8 Å². The van der Waals surface area contributed by atoms with Crippen molar-refractivity contribution in [3.8, 4) is 0 Å². The Labute approximate surface area is 101 Å². The molecule has 1 fully saturated rings. The Hall–Kier alpha value is -0.920. The van der Waals surface area contributed by atoms with E-state index in [9.17, 15) is 8.42 Å². The third-order valence-electron chi connectivity index (χ3n) is 3.61. The van der Waals surface area contributed by atoms with Crippen LogP contribution in [-0.4, -0.2) is 49.7 Å². The van der Waals surface area contributed by atoms with Gasteiger partial charge >= 0.3 is 0 Å². The fourth-order valence-electron chi connectivity index (χ4n) is 2.07. The molecule has 2 rings (SSSR count). The molecule has 0 atom stereocenters. The third-order valence-corrected chi connectivity index (χ3v) is 4.98. The molecule has 0 unspecified atom stereocenters. The van der Waals surface area contributed by atoms with E-state index >= 15 is 0 Å². The maximum atomic E-state index is 11.9. The van der Waals surface area contributed by atoms with Crippen molar-refractivity contribution in [3.63, 3.8) is 0 Å². The highest BCUT2D eigenvalue weighted by Gasteiger charge is 2.39. The maximum absolute atomic E-state index is 11.9. The van der Waals surface area contributed by atoms with E-state index in [-0.39, 0.29) is 10.4 Å². The van der Waals surface area contributed by atoms with Crippen molar-refractivity contribution >= 4 is 10.0 Å². The summed E-state index contributed by atoms with van der Waals surface area (Å²) in [7, 11) is 0.552. The Balaban J connectivity index is 2.03. The molecule has 1 heterocycles. The van der Waals surface area contributed by atoms with Gasteiger partial charge in [-0.2, -0.15) is 5.10 Å². The van der Waals surface area contributed by atoms with Crippen molar-refractivity contribution < 1.29 is 8.42 Å². The summed E-state index contributed by atoms with van der Waals surface area (Å²) in [5.41, 5.74) is -0.0171. The van der Waals surface area contributed by atoms with Gasteiger partial charge in [0, 0.05) is 18.3 Å². The Kier molecular flexibility index (Phi) is 3.24. The van der Waals surface area contributed by atoms with Crippen molar-refractivity contribution in [2.24, 2.45) is 0 Å². The molecule has 7 heteroatoms. The lowest BCUT2D eigenvalue weighted by Crippen LogP contribution is -2.57. The molecule has 0 aliphatic heterocycles. The highest BCUT2D eigenvalue weighted by atomic mass is 32.2. The fraction of sp³-hybridized carbons (Fsp3) is 0.700. The van der Waals surface area contributed by atoms with Crippen LogP contribution in [0.5, 0.6) is 0 Å². The molecular formula is C10H18N4O2S. The first-order chi connectivity index (χ1) is 7.96. The number of sulfonamides is 1. The van der Waals surface area contributed by atoms with Gasteiger partial charge in [-0.15, -0.1) is 0 Å². The first kappa shape index (κ1) is 12.5. The van der Waals surface area contributed by atoms with Crippen LogP contribution in [0.25, 0.3) is 0 Å². The number of hydrogen-bond acceptors (Lipinski definition) is 4. The van der Waals surface area contributed by atoms with Gasteiger partial charge in [0.05, 0.1) is 6.20 Å². The van der Waals surface area contributed by atoms with E-state index in [1.807, 2.05) is 14.1 Å². The van der Waals surface area contributed by atoms with Crippen LogP contribution in [0, 0.1) is 0 Å². The van der Waals surface area contributed by atoms with Gasteiger partial charge in [0.1, 0.15) is 4.90 Å². The van der Waals surface area contributed by atoms with E-state index in [1.165, 1.54) is 12.4 Å². The third kappa shape index (κ3) is 2.36. The topological polar surface area (TPSA) is 78.1 Å². The number of aromatic nitrogens is 2. The van der Waals surface area contributed by atoms with E-state index in [4.69, 9.17) is 0 Å². The number of nitrogens with zero attached hydrogens (tertiary/aromatic N) is 2. The van der Waals surface area contributed by atoms with E-state index in [0.29, 0.717) is 6.54 Å². The number of H-pyrrole nitrogens is 1. The van der Waals surface area contributed by atoms with Gasteiger partial charge in [0.25, 0.3) is 0 Å². The molecule has 0 saturated heterocycles.